The number of hydrogen-bond donors (Lipinski definition) is 2. The summed E-state index contributed by atoms with van der Waals surface area (Å²) in [5.41, 5.74) is 0.706. The van der Waals surface area contributed by atoms with Gasteiger partial charge in [-0.25, -0.2) is 0 Å². The smallest absolute Gasteiger partial charge is 0.287 e. The Hall–Kier alpha value is -1.33. The van der Waals surface area contributed by atoms with Crippen LogP contribution in [-0.4, -0.2) is 23.2 Å². The standard InChI is InChI=1S/C15H16BrNO3/c16-10-1-6-13-9(7-10)8-14(20-13)15(19)17-11-2-4-12(18)5-3-11/h1,6-8,11-12,18H,2-5H2,(H,17,19). The zero-order valence-electron chi connectivity index (χ0n) is 10.9. The molecule has 3 rings (SSSR count). The van der Waals surface area contributed by atoms with Crippen molar-refractivity contribution in [3.05, 3.63) is 34.5 Å². The fraction of sp³-hybridized carbons (Fsp3) is 0.400. The van der Waals surface area contributed by atoms with Crippen LogP contribution in [0.1, 0.15) is 36.2 Å². The first kappa shape index (κ1) is 13.6. The first-order chi connectivity index (χ1) is 9.61. The molecule has 0 saturated heterocycles. The van der Waals surface area contributed by atoms with Crippen LogP contribution in [0.3, 0.4) is 0 Å². The zero-order chi connectivity index (χ0) is 14.1. The second-order valence-electron chi connectivity index (χ2n) is 5.27. The molecular formula is C15H16BrNO3. The first-order valence-corrected chi connectivity index (χ1v) is 7.59. The third-order valence-corrected chi connectivity index (χ3v) is 4.23. The van der Waals surface area contributed by atoms with Gasteiger partial charge in [0.1, 0.15) is 5.58 Å². The molecule has 1 aliphatic rings. The summed E-state index contributed by atoms with van der Waals surface area (Å²) < 4.78 is 6.52. The molecule has 106 valence electrons. The van der Waals surface area contributed by atoms with E-state index >= 15 is 0 Å². The molecule has 2 N–H and O–H groups in total. The molecule has 1 saturated carbocycles. The second kappa shape index (κ2) is 5.58. The number of aliphatic hydroxyl groups excluding tert-OH is 1. The summed E-state index contributed by atoms with van der Waals surface area (Å²) in [7, 11) is 0. The Morgan fingerprint density at radius 3 is 2.75 bits per heavy atom. The van der Waals surface area contributed by atoms with Gasteiger partial charge in [0.25, 0.3) is 5.91 Å². The molecule has 0 unspecified atom stereocenters. The molecule has 0 spiro atoms. The van der Waals surface area contributed by atoms with Crippen LogP contribution in [0.5, 0.6) is 0 Å². The van der Waals surface area contributed by atoms with Crippen molar-refractivity contribution in [3.8, 4) is 0 Å². The minimum atomic E-state index is -0.216. The molecule has 0 radical (unpaired) electrons. The second-order valence-corrected chi connectivity index (χ2v) is 6.19. The van der Waals surface area contributed by atoms with E-state index in [4.69, 9.17) is 4.42 Å². The van der Waals surface area contributed by atoms with Gasteiger partial charge in [-0.15, -0.1) is 0 Å². The summed E-state index contributed by atoms with van der Waals surface area (Å²) in [5.74, 6) is 0.155. The topological polar surface area (TPSA) is 62.5 Å². The van der Waals surface area contributed by atoms with Gasteiger partial charge in [-0.2, -0.15) is 0 Å². The van der Waals surface area contributed by atoms with Crippen LogP contribution < -0.4 is 5.32 Å². The SMILES string of the molecule is O=C(NC1CCC(O)CC1)c1cc2cc(Br)ccc2o1. The summed E-state index contributed by atoms with van der Waals surface area (Å²) in [4.78, 5) is 12.2. The molecule has 1 amide bonds. The van der Waals surface area contributed by atoms with Crippen molar-refractivity contribution in [3.63, 3.8) is 0 Å². The maximum Gasteiger partial charge on any atom is 0.287 e. The van der Waals surface area contributed by atoms with Gasteiger partial charge < -0.3 is 14.8 Å². The average molecular weight is 338 g/mol. The third kappa shape index (κ3) is 2.88. The molecular weight excluding hydrogens is 322 g/mol. The Balaban J connectivity index is 1.72. The average Bonchev–Trinajstić information content (AvgIpc) is 2.84. The van der Waals surface area contributed by atoms with Gasteiger partial charge in [-0.1, -0.05) is 15.9 Å². The van der Waals surface area contributed by atoms with Crippen LogP contribution in [0, 0.1) is 0 Å². The predicted molar refractivity (Wildman–Crippen MR) is 79.6 cm³/mol. The van der Waals surface area contributed by atoms with Gasteiger partial charge in [-0.05, 0) is 49.9 Å². The van der Waals surface area contributed by atoms with E-state index in [-0.39, 0.29) is 18.1 Å². The van der Waals surface area contributed by atoms with Gasteiger partial charge in [0.05, 0.1) is 6.10 Å². The molecule has 1 fully saturated rings. The number of nitrogens with one attached hydrogen (secondary N) is 1. The Bertz CT molecular complexity index is 629. The van der Waals surface area contributed by atoms with E-state index in [0.29, 0.717) is 11.3 Å². The van der Waals surface area contributed by atoms with E-state index < -0.39 is 0 Å². The lowest BCUT2D eigenvalue weighted by atomic mass is 9.93. The van der Waals surface area contributed by atoms with Crippen LogP contribution in [0.15, 0.2) is 33.2 Å². The summed E-state index contributed by atoms with van der Waals surface area (Å²) in [6.07, 6.45) is 2.92. The lowest BCUT2D eigenvalue weighted by molar-refractivity contribution is 0.0845. The minimum absolute atomic E-state index is 0.130. The maximum atomic E-state index is 12.2. The molecule has 0 atom stereocenters. The largest absolute Gasteiger partial charge is 0.451 e. The summed E-state index contributed by atoms with van der Waals surface area (Å²) in [6, 6.07) is 7.54. The number of aliphatic hydroxyl groups is 1. The van der Waals surface area contributed by atoms with E-state index in [0.717, 1.165) is 35.5 Å². The summed E-state index contributed by atoms with van der Waals surface area (Å²) in [6.45, 7) is 0. The van der Waals surface area contributed by atoms with Gasteiger partial charge >= 0.3 is 0 Å². The van der Waals surface area contributed by atoms with Gasteiger partial charge in [0, 0.05) is 15.9 Å². The predicted octanol–water partition coefficient (Wildman–Crippen LogP) is 3.23. The van der Waals surface area contributed by atoms with E-state index in [1.165, 1.54) is 0 Å². The quantitative estimate of drug-likeness (QED) is 0.884. The summed E-state index contributed by atoms with van der Waals surface area (Å²) >= 11 is 3.40. The Morgan fingerprint density at radius 1 is 1.25 bits per heavy atom. The highest BCUT2D eigenvalue weighted by Crippen LogP contribution is 2.24. The van der Waals surface area contributed by atoms with Crippen LogP contribution in [0.2, 0.25) is 0 Å². The molecule has 0 aliphatic heterocycles. The van der Waals surface area contributed by atoms with Crippen molar-refractivity contribution in [2.75, 3.05) is 0 Å². The Labute approximate surface area is 125 Å². The lowest BCUT2D eigenvalue weighted by Gasteiger charge is -2.25. The molecule has 0 bridgehead atoms. The van der Waals surface area contributed by atoms with Gasteiger partial charge in [0.15, 0.2) is 5.76 Å². The molecule has 1 heterocycles. The van der Waals surface area contributed by atoms with Crippen molar-refractivity contribution < 1.29 is 14.3 Å². The number of fused-ring (bicyclic) bond motifs is 1. The van der Waals surface area contributed by atoms with Crippen LogP contribution in [0.25, 0.3) is 11.0 Å². The van der Waals surface area contributed by atoms with Crippen LogP contribution >= 0.6 is 15.9 Å². The highest BCUT2D eigenvalue weighted by Gasteiger charge is 2.22. The molecule has 1 aliphatic carbocycles. The third-order valence-electron chi connectivity index (χ3n) is 3.73. The molecule has 1 aromatic heterocycles. The van der Waals surface area contributed by atoms with Crippen molar-refractivity contribution in [2.45, 2.75) is 37.8 Å². The number of carbonyl (C=O) groups excluding carboxylic acids is 1. The lowest BCUT2D eigenvalue weighted by Crippen LogP contribution is -2.38. The summed E-state index contributed by atoms with van der Waals surface area (Å²) in [5, 5.41) is 13.3. The monoisotopic (exact) mass is 337 g/mol. The number of hydrogen-bond acceptors (Lipinski definition) is 3. The molecule has 4 nitrogen and oxygen atoms in total. The normalized spacial score (nSPS) is 22.9. The first-order valence-electron chi connectivity index (χ1n) is 6.80. The van der Waals surface area contributed by atoms with E-state index in [1.54, 1.807) is 6.07 Å². The van der Waals surface area contributed by atoms with E-state index in [9.17, 15) is 9.90 Å². The molecule has 20 heavy (non-hydrogen) atoms. The van der Waals surface area contributed by atoms with Crippen molar-refractivity contribution >= 4 is 32.8 Å². The maximum absolute atomic E-state index is 12.2. The number of rotatable bonds is 2. The van der Waals surface area contributed by atoms with Crippen LogP contribution in [0.4, 0.5) is 0 Å². The Morgan fingerprint density at radius 2 is 2.00 bits per heavy atom. The van der Waals surface area contributed by atoms with E-state index in [1.807, 2.05) is 18.2 Å². The van der Waals surface area contributed by atoms with Gasteiger partial charge in [-0.3, -0.25) is 4.79 Å². The highest BCUT2D eigenvalue weighted by atomic mass is 79.9. The number of carbonyl (C=O) groups is 1. The zero-order valence-corrected chi connectivity index (χ0v) is 12.5. The van der Waals surface area contributed by atoms with Gasteiger partial charge in [0.2, 0.25) is 0 Å². The molecule has 5 heteroatoms. The van der Waals surface area contributed by atoms with Crippen molar-refractivity contribution in [2.24, 2.45) is 0 Å². The number of furan rings is 1. The Kier molecular flexibility index (Phi) is 3.81. The van der Waals surface area contributed by atoms with Crippen LogP contribution in [-0.2, 0) is 0 Å². The highest BCUT2D eigenvalue weighted by molar-refractivity contribution is 9.10. The number of amides is 1. The van der Waals surface area contributed by atoms with Crippen molar-refractivity contribution in [1.29, 1.82) is 0 Å². The number of benzene rings is 1. The minimum Gasteiger partial charge on any atom is -0.451 e. The van der Waals surface area contributed by atoms with E-state index in [2.05, 4.69) is 21.2 Å². The molecule has 1 aromatic carbocycles. The fourth-order valence-corrected chi connectivity index (χ4v) is 2.98. The molecule has 2 aromatic rings. The number of halogens is 1. The van der Waals surface area contributed by atoms with Crippen molar-refractivity contribution in [1.82, 2.24) is 5.32 Å². The fourth-order valence-electron chi connectivity index (χ4n) is 2.60.